The molecule has 0 saturated heterocycles. The Morgan fingerprint density at radius 1 is 0.576 bits per heavy atom. The predicted octanol–water partition coefficient (Wildman–Crippen LogP) is 5.27. The lowest BCUT2D eigenvalue weighted by Gasteiger charge is -2.39. The van der Waals surface area contributed by atoms with E-state index < -0.39 is 64.2 Å². The summed E-state index contributed by atoms with van der Waals surface area (Å²) in [4.78, 5) is 0. The fourth-order valence-electron chi connectivity index (χ4n) is 1.59. The van der Waals surface area contributed by atoms with E-state index in [9.17, 15) is 78.7 Å². The molecule has 0 saturated carbocycles. The van der Waals surface area contributed by atoms with Crippen molar-refractivity contribution >= 4 is 10.1 Å². The molecule has 0 heterocycles. The monoisotopic (exact) mass is 556 g/mol. The van der Waals surface area contributed by atoms with Crippen molar-refractivity contribution in [3.8, 4) is 0 Å². The van der Waals surface area contributed by atoms with Crippen molar-refractivity contribution in [2.24, 2.45) is 0 Å². The van der Waals surface area contributed by atoms with E-state index in [4.69, 9.17) is 0 Å². The first-order chi connectivity index (χ1) is 14.0. The van der Waals surface area contributed by atoms with Crippen LogP contribution >= 0.6 is 0 Å². The largest absolute Gasteiger partial charge is 0.523 e. The normalized spacial score (nSPS) is 17.8. The second-order valence-electron chi connectivity index (χ2n) is 5.70. The second-order valence-corrected chi connectivity index (χ2v) is 7.26. The molecule has 5 nitrogen and oxygen atoms in total. The van der Waals surface area contributed by atoms with Gasteiger partial charge in [0, 0.05) is 0 Å². The molecule has 0 aliphatic heterocycles. The number of halogens is 16. The standard InChI is InChI=1S/C11H8F16O5S/c1-3(30-4(2)32-33(28,29)11(25,26)27)31-10(23,24)8(18,19)6(14,15)5(12,13)7(16,17)9(20,21)22/h3-4H,1-2H3. The first-order valence-corrected chi connectivity index (χ1v) is 8.69. The van der Waals surface area contributed by atoms with Crippen molar-refractivity contribution in [3.05, 3.63) is 0 Å². The zero-order valence-corrected chi connectivity index (χ0v) is 16.0. The van der Waals surface area contributed by atoms with Crippen molar-refractivity contribution in [2.75, 3.05) is 0 Å². The fourth-order valence-corrected chi connectivity index (χ4v) is 2.10. The van der Waals surface area contributed by atoms with Gasteiger partial charge in [-0.25, -0.2) is 4.18 Å². The van der Waals surface area contributed by atoms with Crippen LogP contribution in [-0.4, -0.2) is 62.5 Å². The van der Waals surface area contributed by atoms with Crippen molar-refractivity contribution in [1.82, 2.24) is 0 Å². The molecule has 2 unspecified atom stereocenters. The lowest BCUT2D eigenvalue weighted by molar-refractivity contribution is -0.478. The van der Waals surface area contributed by atoms with Gasteiger partial charge in [-0.15, -0.1) is 0 Å². The van der Waals surface area contributed by atoms with Gasteiger partial charge in [-0.2, -0.15) is 78.7 Å². The summed E-state index contributed by atoms with van der Waals surface area (Å²) in [6.07, 6.45) is -20.8. The topological polar surface area (TPSA) is 61.8 Å². The van der Waals surface area contributed by atoms with Crippen molar-refractivity contribution in [2.45, 2.75) is 67.9 Å². The molecule has 0 aromatic carbocycles. The Labute approximate surface area is 171 Å². The highest BCUT2D eigenvalue weighted by molar-refractivity contribution is 7.87. The van der Waals surface area contributed by atoms with Crippen LogP contribution in [0, 0.1) is 0 Å². The molecule has 0 fully saturated rings. The molecular formula is C11H8F16O5S. The molecule has 0 radical (unpaired) electrons. The summed E-state index contributed by atoms with van der Waals surface area (Å²) in [7, 11) is -6.51. The molecule has 0 amide bonds. The number of rotatable bonds is 10. The number of hydrogen-bond donors (Lipinski definition) is 0. The molecule has 0 bridgehead atoms. The Morgan fingerprint density at radius 3 is 1.27 bits per heavy atom. The Balaban J connectivity index is 5.83. The highest BCUT2D eigenvalue weighted by Gasteiger charge is 2.91. The first-order valence-electron chi connectivity index (χ1n) is 7.28. The lowest BCUT2D eigenvalue weighted by Crippen LogP contribution is -2.70. The lowest BCUT2D eigenvalue weighted by atomic mass is 9.97. The molecule has 33 heavy (non-hydrogen) atoms. The molecule has 2 atom stereocenters. The summed E-state index contributed by atoms with van der Waals surface area (Å²) in [6.45, 7) is 0.0940. The van der Waals surface area contributed by atoms with Crippen LogP contribution in [-0.2, 0) is 23.8 Å². The predicted molar refractivity (Wildman–Crippen MR) is 67.9 cm³/mol. The third-order valence-electron chi connectivity index (χ3n) is 3.15. The van der Waals surface area contributed by atoms with Crippen LogP contribution in [0.4, 0.5) is 70.2 Å². The van der Waals surface area contributed by atoms with Crippen LogP contribution in [0.2, 0.25) is 0 Å². The summed E-state index contributed by atoms with van der Waals surface area (Å²) in [5.41, 5.74) is -6.14. The third-order valence-corrected chi connectivity index (χ3v) is 4.24. The number of ether oxygens (including phenoxy) is 2. The van der Waals surface area contributed by atoms with Gasteiger partial charge in [0.15, 0.2) is 12.6 Å². The second kappa shape index (κ2) is 8.73. The Morgan fingerprint density at radius 2 is 0.939 bits per heavy atom. The van der Waals surface area contributed by atoms with Gasteiger partial charge in [-0.3, -0.25) is 4.74 Å². The molecular weight excluding hydrogens is 548 g/mol. The minimum absolute atomic E-state index is 0.0648. The molecule has 0 spiro atoms. The van der Waals surface area contributed by atoms with Gasteiger partial charge in [0.05, 0.1) is 0 Å². The zero-order valence-electron chi connectivity index (χ0n) is 15.2. The Bertz CT molecular complexity index is 786. The fraction of sp³-hybridized carbons (Fsp3) is 1.00. The number of hydrogen-bond acceptors (Lipinski definition) is 5. The Hall–Kier alpha value is -1.29. The van der Waals surface area contributed by atoms with E-state index in [1.807, 2.05) is 0 Å². The maximum atomic E-state index is 13.4. The van der Waals surface area contributed by atoms with Gasteiger partial charge in [-0.05, 0) is 13.8 Å². The maximum absolute atomic E-state index is 13.4. The van der Waals surface area contributed by atoms with E-state index in [2.05, 4.69) is 13.7 Å². The van der Waals surface area contributed by atoms with Gasteiger partial charge in [-0.1, -0.05) is 0 Å². The van der Waals surface area contributed by atoms with E-state index >= 15 is 0 Å². The van der Waals surface area contributed by atoms with Crippen LogP contribution < -0.4 is 0 Å². The van der Waals surface area contributed by atoms with E-state index in [1.165, 1.54) is 0 Å². The SMILES string of the molecule is CC(OC(C)OS(=O)(=O)C(F)(F)F)OC(F)(F)C(F)(F)C(F)(F)C(F)(F)C(F)(F)C(F)(F)F. The van der Waals surface area contributed by atoms with Gasteiger partial charge in [0.25, 0.3) is 0 Å². The van der Waals surface area contributed by atoms with Crippen molar-refractivity contribution in [1.29, 1.82) is 0 Å². The van der Waals surface area contributed by atoms with Crippen LogP contribution in [0.15, 0.2) is 0 Å². The molecule has 0 aromatic heterocycles. The molecule has 0 aliphatic rings. The van der Waals surface area contributed by atoms with Gasteiger partial charge >= 0.3 is 51.6 Å². The number of alkyl halides is 16. The first kappa shape index (κ1) is 31.7. The Kier molecular flexibility index (Phi) is 8.39. The third kappa shape index (κ3) is 5.69. The molecule has 0 aromatic rings. The van der Waals surface area contributed by atoms with Gasteiger partial charge < -0.3 is 4.74 Å². The average molecular weight is 556 g/mol. The minimum Gasteiger partial charge on any atom is -0.323 e. The summed E-state index contributed by atoms with van der Waals surface area (Å²) >= 11 is 0. The maximum Gasteiger partial charge on any atom is 0.523 e. The summed E-state index contributed by atoms with van der Waals surface area (Å²) < 4.78 is 234. The average Bonchev–Trinajstić information content (AvgIpc) is 2.50. The van der Waals surface area contributed by atoms with Crippen LogP contribution in [0.1, 0.15) is 13.8 Å². The van der Waals surface area contributed by atoms with Gasteiger partial charge in [0.2, 0.25) is 0 Å². The van der Waals surface area contributed by atoms with Gasteiger partial charge in [0.1, 0.15) is 0 Å². The quantitative estimate of drug-likeness (QED) is 0.159. The minimum atomic E-state index is -8.20. The van der Waals surface area contributed by atoms with E-state index in [0.29, 0.717) is 0 Å². The highest BCUT2D eigenvalue weighted by Crippen LogP contribution is 2.60. The van der Waals surface area contributed by atoms with E-state index in [1.54, 1.807) is 0 Å². The summed E-state index contributed by atoms with van der Waals surface area (Å²) in [5.74, 6) is -32.2. The van der Waals surface area contributed by atoms with Crippen molar-refractivity contribution in [3.63, 3.8) is 0 Å². The summed E-state index contributed by atoms with van der Waals surface area (Å²) in [5, 5.41) is 0. The molecule has 22 heteroatoms. The van der Waals surface area contributed by atoms with Crippen LogP contribution in [0.5, 0.6) is 0 Å². The molecule has 0 rings (SSSR count). The molecule has 0 aliphatic carbocycles. The van der Waals surface area contributed by atoms with Crippen LogP contribution in [0.25, 0.3) is 0 Å². The molecule has 200 valence electrons. The highest BCUT2D eigenvalue weighted by atomic mass is 32.2. The zero-order chi connectivity index (χ0) is 27.3. The van der Waals surface area contributed by atoms with Crippen molar-refractivity contribution < 1.29 is 92.3 Å². The van der Waals surface area contributed by atoms with E-state index in [0.717, 1.165) is 0 Å². The summed E-state index contributed by atoms with van der Waals surface area (Å²) in [6, 6.07) is 0. The van der Waals surface area contributed by atoms with E-state index in [-0.39, 0.29) is 13.8 Å². The smallest absolute Gasteiger partial charge is 0.323 e. The van der Waals surface area contributed by atoms with Crippen LogP contribution in [0.3, 0.4) is 0 Å². The molecule has 0 N–H and O–H groups in total.